The number of likely N-dealkylation sites (tertiary alicyclic amines) is 2. The van der Waals surface area contributed by atoms with E-state index in [1.54, 1.807) is 0 Å². The average molecular weight is 520 g/mol. The molecule has 0 spiro atoms. The van der Waals surface area contributed by atoms with Crippen molar-refractivity contribution in [1.29, 1.82) is 0 Å². The first-order valence-electron chi connectivity index (χ1n) is 11.8. The quantitative estimate of drug-likeness (QED) is 0.352. The zero-order valence-corrected chi connectivity index (χ0v) is 20.7. The Hall–Kier alpha value is -0.120. The van der Waals surface area contributed by atoms with Gasteiger partial charge in [0, 0.05) is 51.4 Å². The van der Waals surface area contributed by atoms with Crippen LogP contribution >= 0.6 is 24.0 Å². The molecule has 0 aromatic carbocycles. The molecule has 7 heteroatoms. The van der Waals surface area contributed by atoms with Gasteiger partial charge in [-0.3, -0.25) is 14.8 Å². The Morgan fingerprint density at radius 1 is 0.966 bits per heavy atom. The molecule has 1 N–H and O–H groups in total. The van der Waals surface area contributed by atoms with Gasteiger partial charge in [0.25, 0.3) is 0 Å². The number of nitrogens with one attached hydrogen (secondary N) is 1. The number of morpholine rings is 1. The summed E-state index contributed by atoms with van der Waals surface area (Å²) in [7, 11) is 1.96. The van der Waals surface area contributed by atoms with E-state index in [1.165, 1.54) is 70.9 Å². The first-order chi connectivity index (χ1) is 13.8. The molecule has 168 valence electrons. The molecule has 0 bridgehead atoms. The van der Waals surface area contributed by atoms with Crippen molar-refractivity contribution in [2.75, 3.05) is 66.1 Å². The van der Waals surface area contributed by atoms with Gasteiger partial charge in [0.1, 0.15) is 0 Å². The van der Waals surface area contributed by atoms with Gasteiger partial charge in [-0.2, -0.15) is 0 Å². The lowest BCUT2D eigenvalue weighted by Gasteiger charge is -2.48. The predicted molar refractivity (Wildman–Crippen MR) is 130 cm³/mol. The number of aliphatic imine (C=N–C) groups is 1. The topological polar surface area (TPSA) is 43.3 Å². The van der Waals surface area contributed by atoms with Gasteiger partial charge in [0.15, 0.2) is 5.96 Å². The van der Waals surface area contributed by atoms with Crippen LogP contribution in [0.25, 0.3) is 0 Å². The molecule has 4 rings (SSSR count). The fourth-order valence-corrected chi connectivity index (χ4v) is 5.94. The average Bonchev–Trinajstić information content (AvgIpc) is 3.26. The van der Waals surface area contributed by atoms with Gasteiger partial charge in [-0.25, -0.2) is 0 Å². The Labute approximate surface area is 194 Å². The van der Waals surface area contributed by atoms with E-state index >= 15 is 0 Å². The first kappa shape index (κ1) is 23.5. The third-order valence-electron chi connectivity index (χ3n) is 7.62. The molecular formula is C22H42IN5O. The molecule has 6 nitrogen and oxygen atoms in total. The highest BCUT2D eigenvalue weighted by Gasteiger charge is 2.39. The SMILES string of the molecule is CN=C(NCC1(N2CCOCC2)CCCCC1)N1CCC(N2CCCCC2)C1.I. The highest BCUT2D eigenvalue weighted by molar-refractivity contribution is 14.0. The third kappa shape index (κ3) is 5.77. The second kappa shape index (κ2) is 11.5. The smallest absolute Gasteiger partial charge is 0.193 e. The van der Waals surface area contributed by atoms with Crippen molar-refractivity contribution in [2.45, 2.75) is 69.4 Å². The van der Waals surface area contributed by atoms with E-state index in [0.717, 1.165) is 57.9 Å². The standard InChI is InChI=1S/C22H41N5O.HI/c1-23-21(26-13-8-20(18-26)25-11-6-3-7-12-25)24-19-22(9-4-2-5-10-22)27-14-16-28-17-15-27;/h20H,2-19H2,1H3,(H,23,24);1H. The first-order valence-corrected chi connectivity index (χ1v) is 11.8. The molecule has 29 heavy (non-hydrogen) atoms. The molecular weight excluding hydrogens is 477 g/mol. The molecule has 3 saturated heterocycles. The van der Waals surface area contributed by atoms with Gasteiger partial charge in [-0.05, 0) is 45.2 Å². The van der Waals surface area contributed by atoms with Gasteiger partial charge < -0.3 is 15.0 Å². The summed E-state index contributed by atoms with van der Waals surface area (Å²) in [5.74, 6) is 1.12. The normalized spacial score (nSPS) is 29.5. The Morgan fingerprint density at radius 3 is 2.34 bits per heavy atom. The summed E-state index contributed by atoms with van der Waals surface area (Å²) in [6, 6.07) is 0.724. The highest BCUT2D eigenvalue weighted by Crippen LogP contribution is 2.34. The van der Waals surface area contributed by atoms with Gasteiger partial charge in [-0.15, -0.1) is 24.0 Å². The number of rotatable bonds is 4. The van der Waals surface area contributed by atoms with Crippen LogP contribution in [0.4, 0.5) is 0 Å². The van der Waals surface area contributed by atoms with Crippen LogP contribution in [0.5, 0.6) is 0 Å². The van der Waals surface area contributed by atoms with E-state index in [-0.39, 0.29) is 24.0 Å². The zero-order valence-electron chi connectivity index (χ0n) is 18.4. The lowest BCUT2D eigenvalue weighted by atomic mass is 9.80. The summed E-state index contributed by atoms with van der Waals surface area (Å²) in [6.45, 7) is 9.86. The Balaban J connectivity index is 0.00000240. The number of hydrogen-bond donors (Lipinski definition) is 1. The van der Waals surface area contributed by atoms with Crippen LogP contribution in [-0.4, -0.2) is 98.3 Å². The lowest BCUT2D eigenvalue weighted by molar-refractivity contribution is -0.0354. The number of piperidine rings is 1. The molecule has 3 heterocycles. The minimum Gasteiger partial charge on any atom is -0.379 e. The zero-order chi connectivity index (χ0) is 19.2. The molecule has 1 aliphatic carbocycles. The van der Waals surface area contributed by atoms with Crippen LogP contribution in [-0.2, 0) is 4.74 Å². The van der Waals surface area contributed by atoms with Gasteiger partial charge in [-0.1, -0.05) is 25.7 Å². The van der Waals surface area contributed by atoms with E-state index in [4.69, 9.17) is 4.74 Å². The predicted octanol–water partition coefficient (Wildman–Crippen LogP) is 2.78. The second-order valence-corrected chi connectivity index (χ2v) is 9.27. The number of halogens is 1. The molecule has 1 unspecified atom stereocenters. The van der Waals surface area contributed by atoms with Gasteiger partial charge >= 0.3 is 0 Å². The minimum atomic E-state index is 0. The van der Waals surface area contributed by atoms with Gasteiger partial charge in [0.05, 0.1) is 13.2 Å². The molecule has 4 fully saturated rings. The van der Waals surface area contributed by atoms with E-state index in [0.29, 0.717) is 5.54 Å². The fraction of sp³-hybridized carbons (Fsp3) is 0.955. The minimum absolute atomic E-state index is 0. The van der Waals surface area contributed by atoms with Crippen molar-refractivity contribution in [3.8, 4) is 0 Å². The van der Waals surface area contributed by atoms with E-state index in [2.05, 4.69) is 25.0 Å². The Bertz CT molecular complexity index is 513. The van der Waals surface area contributed by atoms with Crippen molar-refractivity contribution in [2.24, 2.45) is 4.99 Å². The van der Waals surface area contributed by atoms with E-state index < -0.39 is 0 Å². The molecule has 0 radical (unpaired) electrons. The van der Waals surface area contributed by atoms with E-state index in [1.807, 2.05) is 7.05 Å². The van der Waals surface area contributed by atoms with Crippen LogP contribution in [0.1, 0.15) is 57.8 Å². The number of hydrogen-bond acceptors (Lipinski definition) is 4. The maximum atomic E-state index is 5.63. The molecule has 4 aliphatic rings. The summed E-state index contributed by atoms with van der Waals surface area (Å²) in [6.07, 6.45) is 12.2. The fourth-order valence-electron chi connectivity index (χ4n) is 5.94. The largest absolute Gasteiger partial charge is 0.379 e. The van der Waals surface area contributed by atoms with Crippen molar-refractivity contribution in [1.82, 2.24) is 20.0 Å². The summed E-state index contributed by atoms with van der Waals surface area (Å²) < 4.78 is 5.63. The Kier molecular flexibility index (Phi) is 9.32. The molecule has 1 atom stereocenters. The molecule has 0 aromatic rings. The second-order valence-electron chi connectivity index (χ2n) is 9.27. The molecule has 3 aliphatic heterocycles. The third-order valence-corrected chi connectivity index (χ3v) is 7.62. The highest BCUT2D eigenvalue weighted by atomic mass is 127. The number of guanidine groups is 1. The maximum Gasteiger partial charge on any atom is 0.193 e. The summed E-state index contributed by atoms with van der Waals surface area (Å²) in [5, 5.41) is 3.82. The lowest BCUT2D eigenvalue weighted by Crippen LogP contribution is -2.60. The van der Waals surface area contributed by atoms with Crippen LogP contribution in [0.3, 0.4) is 0 Å². The van der Waals surface area contributed by atoms with Crippen LogP contribution in [0, 0.1) is 0 Å². The van der Waals surface area contributed by atoms with Crippen LogP contribution < -0.4 is 5.32 Å². The molecule has 0 aromatic heterocycles. The summed E-state index contributed by atoms with van der Waals surface area (Å²) in [5.41, 5.74) is 0.296. The van der Waals surface area contributed by atoms with Crippen LogP contribution in [0.15, 0.2) is 4.99 Å². The van der Waals surface area contributed by atoms with Crippen molar-refractivity contribution >= 4 is 29.9 Å². The van der Waals surface area contributed by atoms with Crippen LogP contribution in [0.2, 0.25) is 0 Å². The van der Waals surface area contributed by atoms with Crippen molar-refractivity contribution in [3.63, 3.8) is 0 Å². The number of nitrogens with zero attached hydrogens (tertiary/aromatic N) is 4. The molecule has 0 amide bonds. The van der Waals surface area contributed by atoms with Crippen molar-refractivity contribution in [3.05, 3.63) is 0 Å². The van der Waals surface area contributed by atoms with Gasteiger partial charge in [0.2, 0.25) is 0 Å². The Morgan fingerprint density at radius 2 is 1.66 bits per heavy atom. The van der Waals surface area contributed by atoms with E-state index in [9.17, 15) is 0 Å². The monoisotopic (exact) mass is 519 g/mol. The summed E-state index contributed by atoms with van der Waals surface area (Å²) >= 11 is 0. The molecule has 1 saturated carbocycles. The summed E-state index contributed by atoms with van der Waals surface area (Å²) in [4.78, 5) is 12.6. The maximum absolute atomic E-state index is 5.63. The number of ether oxygens (including phenoxy) is 1. The van der Waals surface area contributed by atoms with Crippen molar-refractivity contribution < 1.29 is 4.74 Å².